The van der Waals surface area contributed by atoms with Crippen molar-refractivity contribution in [2.45, 2.75) is 87.2 Å². The Morgan fingerprint density at radius 1 is 0.711 bits per heavy atom. The summed E-state index contributed by atoms with van der Waals surface area (Å²) in [5.41, 5.74) is 1.85. The first-order chi connectivity index (χ1) is 17.4. The van der Waals surface area contributed by atoms with E-state index in [0.29, 0.717) is 5.75 Å². The van der Waals surface area contributed by atoms with E-state index in [-0.39, 0.29) is 28.2 Å². The highest BCUT2D eigenvalue weighted by Crippen LogP contribution is 2.33. The number of ether oxygens (including phenoxy) is 2. The molecule has 2 rings (SSSR count). The smallest absolute Gasteiger partial charge is 0.308 e. The molecule has 0 unspecified atom stereocenters. The zero-order chi connectivity index (χ0) is 29.6. The molecular weight excluding hydrogens is 472 g/mol. The van der Waals surface area contributed by atoms with E-state index >= 15 is 0 Å². The van der Waals surface area contributed by atoms with E-state index in [1.54, 1.807) is 13.0 Å². The second kappa shape index (κ2) is 15.8. The number of carbonyl (C=O) groups excluding carboxylic acids is 2. The molecule has 208 valence electrons. The average Bonchev–Trinajstić information content (AvgIpc) is 2.79. The van der Waals surface area contributed by atoms with Crippen molar-refractivity contribution in [1.82, 2.24) is 0 Å². The largest absolute Gasteiger partial charge is 0.488 e. The Labute approximate surface area is 231 Å². The van der Waals surface area contributed by atoms with Crippen molar-refractivity contribution in [1.29, 1.82) is 0 Å². The molecule has 0 aliphatic carbocycles. The van der Waals surface area contributed by atoms with E-state index < -0.39 is 0 Å². The van der Waals surface area contributed by atoms with Crippen molar-refractivity contribution in [3.63, 3.8) is 0 Å². The van der Waals surface area contributed by atoms with E-state index in [1.807, 2.05) is 109 Å². The summed E-state index contributed by atoms with van der Waals surface area (Å²) in [7, 11) is 0. The van der Waals surface area contributed by atoms with Gasteiger partial charge in [-0.15, -0.1) is 0 Å². The van der Waals surface area contributed by atoms with Crippen molar-refractivity contribution in [2.24, 2.45) is 5.41 Å². The number of hydrogen-bond acceptors (Lipinski definition) is 4. The molecule has 0 aliphatic heterocycles. The number of Topliss-reactive ketones (excluding diaryl/α,β-unsaturated/α-hetero) is 1. The lowest BCUT2D eigenvalue weighted by Crippen LogP contribution is -2.23. The van der Waals surface area contributed by atoms with Crippen LogP contribution in [0.15, 0.2) is 85.5 Å². The molecule has 0 saturated heterocycles. The fourth-order valence-corrected chi connectivity index (χ4v) is 2.82. The molecule has 0 heterocycles. The van der Waals surface area contributed by atoms with Gasteiger partial charge in [0.2, 0.25) is 0 Å². The summed E-state index contributed by atoms with van der Waals surface area (Å²) in [5, 5.41) is 0. The third kappa shape index (κ3) is 14.4. The summed E-state index contributed by atoms with van der Waals surface area (Å²) in [5.74, 6) is 1.37. The zero-order valence-corrected chi connectivity index (χ0v) is 25.3. The van der Waals surface area contributed by atoms with Gasteiger partial charge in [0.15, 0.2) is 0 Å². The van der Waals surface area contributed by atoms with Crippen molar-refractivity contribution in [2.75, 3.05) is 0 Å². The molecule has 2 aromatic rings. The molecule has 38 heavy (non-hydrogen) atoms. The molecule has 4 nitrogen and oxygen atoms in total. The van der Waals surface area contributed by atoms with Crippen molar-refractivity contribution >= 4 is 11.8 Å². The van der Waals surface area contributed by atoms with Crippen LogP contribution in [0.3, 0.4) is 0 Å². The Morgan fingerprint density at radius 2 is 1.13 bits per heavy atom. The van der Waals surface area contributed by atoms with Crippen molar-refractivity contribution in [3.8, 4) is 11.5 Å². The van der Waals surface area contributed by atoms with Gasteiger partial charge in [0.05, 0.1) is 0 Å². The Morgan fingerprint density at radius 3 is 1.45 bits per heavy atom. The topological polar surface area (TPSA) is 52.6 Å². The summed E-state index contributed by atoms with van der Waals surface area (Å²) in [6.07, 6.45) is 9.51. The van der Waals surface area contributed by atoms with Crippen LogP contribution in [0.2, 0.25) is 0 Å². The van der Waals surface area contributed by atoms with Crippen LogP contribution in [-0.4, -0.2) is 17.4 Å². The second-order valence-corrected chi connectivity index (χ2v) is 11.4. The van der Waals surface area contributed by atoms with Crippen LogP contribution < -0.4 is 9.47 Å². The van der Waals surface area contributed by atoms with Crippen LogP contribution >= 0.6 is 0 Å². The molecule has 0 aromatic heterocycles. The van der Waals surface area contributed by atoms with Gasteiger partial charge in [-0.25, -0.2) is 0 Å². The lowest BCUT2D eigenvalue weighted by Gasteiger charge is -2.27. The maximum absolute atomic E-state index is 11.0. The van der Waals surface area contributed by atoms with E-state index in [4.69, 9.17) is 9.47 Å². The molecule has 0 bridgehead atoms. The normalized spacial score (nSPS) is 11.7. The third-order valence-electron chi connectivity index (χ3n) is 5.44. The van der Waals surface area contributed by atoms with E-state index in [2.05, 4.69) is 32.6 Å². The van der Waals surface area contributed by atoms with Crippen LogP contribution in [-0.2, 0) is 15.0 Å². The van der Waals surface area contributed by atoms with Crippen LogP contribution in [0.25, 0.3) is 0 Å². The van der Waals surface area contributed by atoms with Gasteiger partial charge in [-0.05, 0) is 70.0 Å². The number of hydrogen-bond donors (Lipinski definition) is 0. The zero-order valence-electron chi connectivity index (χ0n) is 25.3. The number of rotatable bonds is 6. The molecular formula is C34H48O4. The number of benzene rings is 2. The summed E-state index contributed by atoms with van der Waals surface area (Å²) in [6, 6.07) is 15.9. The van der Waals surface area contributed by atoms with E-state index in [1.165, 1.54) is 12.5 Å². The third-order valence-corrected chi connectivity index (χ3v) is 5.44. The molecule has 0 spiro atoms. The summed E-state index contributed by atoms with van der Waals surface area (Å²) < 4.78 is 11.0. The van der Waals surface area contributed by atoms with Gasteiger partial charge in [0.25, 0.3) is 0 Å². The quantitative estimate of drug-likeness (QED) is 0.217. The Hall–Kier alpha value is -3.40. The minimum Gasteiger partial charge on any atom is -0.488 e. The Bertz CT molecular complexity index is 1060. The SMILES string of the molecule is C=C/C=C\C=C/C.CC(=O)C(C)(C)C.CC(=O)Oc1ccc(C(C)(C)c2ccc(OC(C)(C)C)cc2)cc1. The average molecular weight is 521 g/mol. The predicted octanol–water partition coefficient (Wildman–Crippen LogP) is 9.04. The van der Waals surface area contributed by atoms with Crippen LogP contribution in [0.5, 0.6) is 11.5 Å². The molecule has 0 fully saturated rings. The molecule has 2 aromatic carbocycles. The first-order valence-electron chi connectivity index (χ1n) is 12.9. The van der Waals surface area contributed by atoms with Crippen LogP contribution in [0.4, 0.5) is 0 Å². The first-order valence-corrected chi connectivity index (χ1v) is 12.9. The highest BCUT2D eigenvalue weighted by atomic mass is 16.5. The second-order valence-electron chi connectivity index (χ2n) is 11.4. The van der Waals surface area contributed by atoms with Gasteiger partial charge < -0.3 is 9.47 Å². The Balaban J connectivity index is 0.000000804. The highest BCUT2D eigenvalue weighted by molar-refractivity contribution is 5.80. The number of ketones is 1. The fourth-order valence-electron chi connectivity index (χ4n) is 2.82. The van der Waals surface area contributed by atoms with Crippen LogP contribution in [0.1, 0.15) is 87.3 Å². The molecule has 0 saturated carbocycles. The monoisotopic (exact) mass is 520 g/mol. The molecule has 0 radical (unpaired) electrons. The number of esters is 1. The molecule has 0 N–H and O–H groups in total. The first kappa shape index (κ1) is 34.6. The van der Waals surface area contributed by atoms with Crippen molar-refractivity contribution < 1.29 is 19.1 Å². The minimum atomic E-state index is -0.309. The molecule has 0 amide bonds. The molecule has 0 atom stereocenters. The van der Waals surface area contributed by atoms with Gasteiger partial charge in [-0.3, -0.25) is 9.59 Å². The van der Waals surface area contributed by atoms with Gasteiger partial charge >= 0.3 is 5.97 Å². The van der Waals surface area contributed by atoms with Crippen molar-refractivity contribution in [3.05, 3.63) is 96.6 Å². The number of carbonyl (C=O) groups is 2. The Kier molecular flexibility index (Phi) is 14.4. The van der Waals surface area contributed by atoms with Gasteiger partial charge in [0, 0.05) is 17.8 Å². The summed E-state index contributed by atoms with van der Waals surface area (Å²) >= 11 is 0. The fraction of sp³-hybridized carbons (Fsp3) is 0.412. The van der Waals surface area contributed by atoms with Gasteiger partial charge in [-0.2, -0.15) is 0 Å². The van der Waals surface area contributed by atoms with Gasteiger partial charge in [-0.1, -0.05) is 95.8 Å². The van der Waals surface area contributed by atoms with Crippen LogP contribution in [0, 0.1) is 5.41 Å². The van der Waals surface area contributed by atoms with E-state index in [9.17, 15) is 9.59 Å². The molecule has 0 aliphatic rings. The standard InChI is InChI=1S/C21H26O3.C7H10.C6H12O/c1-15(22)23-18-11-7-16(8-12-18)21(5,6)17-9-13-19(14-10-17)24-20(2,3)4;1-3-5-7-6-4-2;1-5(7)6(2,3)4/h7-14H,1-6H3;3-7H,1H2,2H3;1-4H3/b;6-4-,7-5-;. The number of allylic oxidation sites excluding steroid dienone is 5. The maximum Gasteiger partial charge on any atom is 0.308 e. The highest BCUT2D eigenvalue weighted by Gasteiger charge is 2.23. The predicted molar refractivity (Wildman–Crippen MR) is 161 cm³/mol. The lowest BCUT2D eigenvalue weighted by molar-refractivity contribution is -0.131. The minimum absolute atomic E-state index is 0.139. The summed E-state index contributed by atoms with van der Waals surface area (Å²) in [4.78, 5) is 21.5. The lowest BCUT2D eigenvalue weighted by atomic mass is 9.78. The molecule has 4 heteroatoms. The summed E-state index contributed by atoms with van der Waals surface area (Å²) in [6.45, 7) is 24.7. The van der Waals surface area contributed by atoms with Gasteiger partial charge in [0.1, 0.15) is 22.9 Å². The van der Waals surface area contributed by atoms with E-state index in [0.717, 1.165) is 11.3 Å². The maximum atomic E-state index is 11.0.